The van der Waals surface area contributed by atoms with Gasteiger partial charge in [-0.25, -0.2) is 22.0 Å². The average Bonchev–Trinajstić information content (AvgIpc) is 2.33. The summed E-state index contributed by atoms with van der Waals surface area (Å²) in [7, 11) is 0. The van der Waals surface area contributed by atoms with Crippen LogP contribution in [0.2, 0.25) is 0 Å². The molecule has 0 bridgehead atoms. The molecule has 0 atom stereocenters. The predicted octanol–water partition coefficient (Wildman–Crippen LogP) is 1.43. The number of nitrogens with two attached hydrogens (primary N) is 1. The molecule has 1 aromatic rings. The van der Waals surface area contributed by atoms with Crippen molar-refractivity contribution in [3.05, 3.63) is 35.1 Å². The monoisotopic (exact) mass is 268 g/mol. The van der Waals surface area contributed by atoms with Crippen LogP contribution in [-0.2, 0) is 0 Å². The predicted molar refractivity (Wildman–Crippen MR) is 52.7 cm³/mol. The number of benzene rings is 1. The second-order valence-electron chi connectivity index (χ2n) is 3.47. The summed E-state index contributed by atoms with van der Waals surface area (Å²) in [6.07, 6.45) is 0. The molecule has 0 heterocycles. The van der Waals surface area contributed by atoms with Crippen molar-refractivity contribution >= 4 is 5.91 Å². The Hall–Kier alpha value is -1.70. The molecule has 0 aromatic heterocycles. The van der Waals surface area contributed by atoms with Gasteiger partial charge in [0, 0.05) is 0 Å². The molecule has 0 saturated carbocycles. The van der Waals surface area contributed by atoms with Crippen molar-refractivity contribution in [2.75, 3.05) is 13.1 Å². The SMILES string of the molecule is NCC(F)(F)CNC(=O)c1ccc(F)c(F)c1F. The quantitative estimate of drug-likeness (QED) is 0.641. The third kappa shape index (κ3) is 3.16. The largest absolute Gasteiger partial charge is 0.346 e. The summed E-state index contributed by atoms with van der Waals surface area (Å²) < 4.78 is 63.9. The molecule has 0 spiro atoms. The Kier molecular flexibility index (Phi) is 4.23. The van der Waals surface area contributed by atoms with Gasteiger partial charge in [0.25, 0.3) is 11.8 Å². The molecule has 0 unspecified atom stereocenters. The van der Waals surface area contributed by atoms with E-state index < -0.39 is 47.9 Å². The maximum absolute atomic E-state index is 13.1. The Labute approximate surface area is 98.8 Å². The van der Waals surface area contributed by atoms with Crippen molar-refractivity contribution < 1.29 is 26.7 Å². The van der Waals surface area contributed by atoms with E-state index >= 15 is 0 Å². The number of carbonyl (C=O) groups excluding carboxylic acids is 1. The smallest absolute Gasteiger partial charge is 0.277 e. The Morgan fingerprint density at radius 1 is 1.22 bits per heavy atom. The van der Waals surface area contributed by atoms with Crippen LogP contribution in [0.15, 0.2) is 12.1 Å². The lowest BCUT2D eigenvalue weighted by atomic mass is 10.2. The molecule has 3 N–H and O–H groups in total. The normalized spacial score (nSPS) is 11.4. The van der Waals surface area contributed by atoms with Gasteiger partial charge in [-0.3, -0.25) is 4.79 Å². The topological polar surface area (TPSA) is 55.1 Å². The molecule has 1 aromatic carbocycles. The Balaban J connectivity index is 2.83. The highest BCUT2D eigenvalue weighted by Gasteiger charge is 2.28. The van der Waals surface area contributed by atoms with Gasteiger partial charge in [0.15, 0.2) is 17.5 Å². The second kappa shape index (κ2) is 5.30. The first-order chi connectivity index (χ1) is 8.28. The van der Waals surface area contributed by atoms with Gasteiger partial charge in [0.1, 0.15) is 0 Å². The Bertz CT molecular complexity index is 464. The van der Waals surface area contributed by atoms with E-state index in [0.717, 1.165) is 0 Å². The molecule has 0 aliphatic rings. The number of alkyl halides is 2. The third-order valence-electron chi connectivity index (χ3n) is 2.09. The number of carbonyl (C=O) groups is 1. The van der Waals surface area contributed by atoms with E-state index in [0.29, 0.717) is 12.1 Å². The summed E-state index contributed by atoms with van der Waals surface area (Å²) in [5.74, 6) is -9.68. The molecule has 1 amide bonds. The van der Waals surface area contributed by atoms with Crippen LogP contribution < -0.4 is 11.1 Å². The van der Waals surface area contributed by atoms with Crippen LogP contribution in [0.4, 0.5) is 22.0 Å². The van der Waals surface area contributed by atoms with Gasteiger partial charge < -0.3 is 11.1 Å². The number of hydrogen-bond acceptors (Lipinski definition) is 2. The molecule has 0 aliphatic carbocycles. The lowest BCUT2D eigenvalue weighted by molar-refractivity contribution is 0.0118. The second-order valence-corrected chi connectivity index (χ2v) is 3.47. The van der Waals surface area contributed by atoms with Crippen LogP contribution in [0.3, 0.4) is 0 Å². The highest BCUT2D eigenvalue weighted by atomic mass is 19.3. The number of rotatable bonds is 4. The van der Waals surface area contributed by atoms with E-state index in [4.69, 9.17) is 5.73 Å². The zero-order valence-corrected chi connectivity index (χ0v) is 8.94. The molecular weight excluding hydrogens is 259 g/mol. The van der Waals surface area contributed by atoms with Gasteiger partial charge in [0.05, 0.1) is 18.7 Å². The van der Waals surface area contributed by atoms with E-state index in [1.54, 1.807) is 5.32 Å². The fraction of sp³-hybridized carbons (Fsp3) is 0.300. The molecule has 18 heavy (non-hydrogen) atoms. The van der Waals surface area contributed by atoms with Gasteiger partial charge in [-0.1, -0.05) is 0 Å². The summed E-state index contributed by atoms with van der Waals surface area (Å²) in [6, 6.07) is 1.18. The minimum absolute atomic E-state index is 0.522. The van der Waals surface area contributed by atoms with Crippen LogP contribution in [0.25, 0.3) is 0 Å². The number of hydrogen-bond donors (Lipinski definition) is 2. The summed E-state index contributed by atoms with van der Waals surface area (Å²) in [5, 5.41) is 1.68. The van der Waals surface area contributed by atoms with Gasteiger partial charge in [0.2, 0.25) is 0 Å². The highest BCUT2D eigenvalue weighted by molar-refractivity contribution is 5.94. The number of halogens is 5. The van der Waals surface area contributed by atoms with Crippen molar-refractivity contribution in [3.63, 3.8) is 0 Å². The fourth-order valence-electron chi connectivity index (χ4n) is 1.08. The zero-order chi connectivity index (χ0) is 13.9. The number of nitrogens with one attached hydrogen (secondary N) is 1. The van der Waals surface area contributed by atoms with Crippen molar-refractivity contribution in [2.24, 2.45) is 5.73 Å². The van der Waals surface area contributed by atoms with Crippen LogP contribution in [0.5, 0.6) is 0 Å². The van der Waals surface area contributed by atoms with Crippen LogP contribution in [-0.4, -0.2) is 24.9 Å². The van der Waals surface area contributed by atoms with Crippen LogP contribution in [0.1, 0.15) is 10.4 Å². The van der Waals surface area contributed by atoms with E-state index in [1.807, 2.05) is 0 Å². The van der Waals surface area contributed by atoms with Gasteiger partial charge in [-0.2, -0.15) is 0 Å². The van der Waals surface area contributed by atoms with Crippen molar-refractivity contribution in [2.45, 2.75) is 5.92 Å². The average molecular weight is 268 g/mol. The molecule has 3 nitrogen and oxygen atoms in total. The molecular formula is C10H9F5N2O. The van der Waals surface area contributed by atoms with Crippen molar-refractivity contribution in [1.82, 2.24) is 5.32 Å². The molecule has 0 fully saturated rings. The van der Waals surface area contributed by atoms with Crippen molar-refractivity contribution in [3.8, 4) is 0 Å². The Morgan fingerprint density at radius 2 is 1.83 bits per heavy atom. The summed E-state index contributed by atoms with van der Waals surface area (Å²) in [5.41, 5.74) is 3.86. The number of amides is 1. The van der Waals surface area contributed by atoms with E-state index in [2.05, 4.69) is 0 Å². The molecule has 0 aliphatic heterocycles. The van der Waals surface area contributed by atoms with Crippen LogP contribution in [0, 0.1) is 17.5 Å². The molecule has 0 radical (unpaired) electrons. The Morgan fingerprint density at radius 3 is 2.39 bits per heavy atom. The molecule has 1 rings (SSSR count). The lowest BCUT2D eigenvalue weighted by Gasteiger charge is -2.14. The molecule has 100 valence electrons. The first-order valence-corrected chi connectivity index (χ1v) is 4.78. The summed E-state index contributed by atoms with van der Waals surface area (Å²) in [4.78, 5) is 11.3. The first kappa shape index (κ1) is 14.4. The van der Waals surface area contributed by atoms with Gasteiger partial charge >= 0.3 is 0 Å². The minimum Gasteiger partial charge on any atom is -0.346 e. The van der Waals surface area contributed by atoms with Gasteiger partial charge in [-0.15, -0.1) is 0 Å². The van der Waals surface area contributed by atoms with E-state index in [-0.39, 0.29) is 0 Å². The molecule has 8 heteroatoms. The van der Waals surface area contributed by atoms with E-state index in [1.165, 1.54) is 0 Å². The fourth-order valence-corrected chi connectivity index (χ4v) is 1.08. The maximum Gasteiger partial charge on any atom is 0.277 e. The van der Waals surface area contributed by atoms with Crippen LogP contribution >= 0.6 is 0 Å². The lowest BCUT2D eigenvalue weighted by Crippen LogP contribution is -2.41. The third-order valence-corrected chi connectivity index (χ3v) is 2.09. The zero-order valence-electron chi connectivity index (χ0n) is 8.94. The van der Waals surface area contributed by atoms with E-state index in [9.17, 15) is 26.7 Å². The standard InChI is InChI=1S/C10H9F5N2O/c11-6-2-1-5(7(12)8(6)13)9(18)17-4-10(14,15)3-16/h1-2H,3-4,16H2,(H,17,18). The maximum atomic E-state index is 13.1. The molecule has 0 saturated heterocycles. The first-order valence-electron chi connectivity index (χ1n) is 4.78. The van der Waals surface area contributed by atoms with Crippen molar-refractivity contribution in [1.29, 1.82) is 0 Å². The summed E-state index contributed by atoms with van der Waals surface area (Å²) in [6.45, 7) is -2.13. The summed E-state index contributed by atoms with van der Waals surface area (Å²) >= 11 is 0. The minimum atomic E-state index is -3.36. The van der Waals surface area contributed by atoms with Gasteiger partial charge in [-0.05, 0) is 12.1 Å². The highest BCUT2D eigenvalue weighted by Crippen LogP contribution is 2.15.